The summed E-state index contributed by atoms with van der Waals surface area (Å²) in [5, 5.41) is 9.41. The first-order valence-corrected chi connectivity index (χ1v) is 10.7. The van der Waals surface area contributed by atoms with Crippen LogP contribution in [0.25, 0.3) is 10.9 Å². The predicted octanol–water partition coefficient (Wildman–Crippen LogP) is 3.03. The lowest BCUT2D eigenvalue weighted by Gasteiger charge is -2.40. The third kappa shape index (κ3) is 3.72. The van der Waals surface area contributed by atoms with Crippen LogP contribution in [0.4, 0.5) is 14.9 Å². The number of hydrogen-bond donors (Lipinski definition) is 1. The molecule has 1 amide bonds. The van der Waals surface area contributed by atoms with Crippen LogP contribution < -0.4 is 15.1 Å². The Kier molecular flexibility index (Phi) is 5.89. The molecule has 172 valence electrons. The van der Waals surface area contributed by atoms with Gasteiger partial charge in [-0.1, -0.05) is 11.6 Å². The van der Waals surface area contributed by atoms with E-state index in [0.717, 1.165) is 18.9 Å². The zero-order valence-electron chi connectivity index (χ0n) is 17.6. The molecule has 1 atom stereocenters. The monoisotopic (exact) mass is 467 g/mol. The van der Waals surface area contributed by atoms with E-state index in [1.165, 1.54) is 18.2 Å². The number of alkyl halides is 1. The van der Waals surface area contributed by atoms with E-state index in [0.29, 0.717) is 18.6 Å². The normalized spacial score (nSPS) is 18.7. The minimum Gasteiger partial charge on any atom is -0.492 e. The smallest absolute Gasteiger partial charge is 0.411 e. The van der Waals surface area contributed by atoms with Gasteiger partial charge in [-0.25, -0.2) is 14.0 Å². The summed E-state index contributed by atoms with van der Waals surface area (Å²) in [6, 6.07) is 0.555. The summed E-state index contributed by atoms with van der Waals surface area (Å²) < 4.78 is 27.5. The largest absolute Gasteiger partial charge is 0.492 e. The summed E-state index contributed by atoms with van der Waals surface area (Å²) in [5.41, 5.74) is -0.610. The maximum absolute atomic E-state index is 15.4. The zero-order valence-corrected chi connectivity index (χ0v) is 18.4. The number of rotatable bonds is 5. The Morgan fingerprint density at radius 1 is 1.31 bits per heavy atom. The molecule has 1 saturated carbocycles. The quantitative estimate of drug-likeness (QED) is 0.674. The van der Waals surface area contributed by atoms with Crippen molar-refractivity contribution in [2.24, 2.45) is 0 Å². The van der Waals surface area contributed by atoms with E-state index >= 15 is 4.39 Å². The predicted molar refractivity (Wildman–Crippen MR) is 116 cm³/mol. The molecule has 1 aromatic carbocycles. The topological polar surface area (TPSA) is 101 Å². The molecule has 0 bridgehead atoms. The lowest BCUT2D eigenvalue weighted by molar-refractivity contribution is 0.0694. The van der Waals surface area contributed by atoms with Gasteiger partial charge in [-0.3, -0.25) is 4.79 Å². The van der Waals surface area contributed by atoms with Gasteiger partial charge < -0.3 is 28.9 Å². The van der Waals surface area contributed by atoms with Gasteiger partial charge in [0.1, 0.15) is 11.3 Å². The molecular formula is C21H23ClFN3O6. The van der Waals surface area contributed by atoms with E-state index in [-0.39, 0.29) is 41.5 Å². The van der Waals surface area contributed by atoms with E-state index in [1.54, 1.807) is 9.47 Å². The van der Waals surface area contributed by atoms with Crippen LogP contribution in [0.5, 0.6) is 5.75 Å². The molecular weight excluding hydrogens is 445 g/mol. The number of aromatic carboxylic acids is 1. The number of pyridine rings is 1. The number of nitrogens with zero attached hydrogens (tertiary/aromatic N) is 3. The highest BCUT2D eigenvalue weighted by Gasteiger charge is 2.34. The summed E-state index contributed by atoms with van der Waals surface area (Å²) in [6.07, 6.45) is 2.43. The standard InChI is InChI=1S/C21H23ClFN3O6/c1-11-8-24(5-6-25(11)21(30)32-10-22)17-15(23)7-13-16(19(17)31-2)26(12-3-4-12)9-14(18(13)27)20(28)29/h7,9,11-12H,3-6,8,10H2,1-2H3,(H,28,29). The molecule has 1 aromatic heterocycles. The fraction of sp³-hybridized carbons (Fsp3) is 0.476. The Morgan fingerprint density at radius 3 is 2.59 bits per heavy atom. The Labute approximate surface area is 187 Å². The second kappa shape index (κ2) is 8.50. The van der Waals surface area contributed by atoms with Gasteiger partial charge in [0.2, 0.25) is 5.43 Å². The third-order valence-electron chi connectivity index (χ3n) is 5.93. The van der Waals surface area contributed by atoms with Crippen molar-refractivity contribution in [1.82, 2.24) is 9.47 Å². The van der Waals surface area contributed by atoms with E-state index in [1.807, 2.05) is 6.92 Å². The van der Waals surface area contributed by atoms with Crippen LogP contribution >= 0.6 is 11.6 Å². The van der Waals surface area contributed by atoms with Gasteiger partial charge in [0.15, 0.2) is 17.6 Å². The first-order chi connectivity index (χ1) is 15.3. The maximum Gasteiger partial charge on any atom is 0.411 e. The fourth-order valence-electron chi connectivity index (χ4n) is 4.29. The second-order valence-corrected chi connectivity index (χ2v) is 8.18. The van der Waals surface area contributed by atoms with Crippen molar-refractivity contribution in [3.8, 4) is 5.75 Å². The average molecular weight is 468 g/mol. The number of hydrogen-bond acceptors (Lipinski definition) is 6. The first-order valence-electron chi connectivity index (χ1n) is 10.2. The van der Waals surface area contributed by atoms with E-state index < -0.39 is 28.9 Å². The molecule has 9 nitrogen and oxygen atoms in total. The number of methoxy groups -OCH3 is 1. The third-order valence-corrected chi connectivity index (χ3v) is 6.04. The molecule has 32 heavy (non-hydrogen) atoms. The highest BCUT2D eigenvalue weighted by Crippen LogP contribution is 2.44. The number of ether oxygens (including phenoxy) is 2. The molecule has 11 heteroatoms. The van der Waals surface area contributed by atoms with Crippen LogP contribution in [0.2, 0.25) is 0 Å². The van der Waals surface area contributed by atoms with Gasteiger partial charge in [0.25, 0.3) is 0 Å². The van der Waals surface area contributed by atoms with Crippen molar-refractivity contribution in [3.05, 3.63) is 33.9 Å². The molecule has 2 aliphatic rings. The summed E-state index contributed by atoms with van der Waals surface area (Å²) >= 11 is 5.48. The summed E-state index contributed by atoms with van der Waals surface area (Å²) in [6.45, 7) is 2.70. The number of carbonyl (C=O) groups excluding carboxylic acids is 1. The molecule has 1 N–H and O–H groups in total. The van der Waals surface area contributed by atoms with Crippen LogP contribution in [0.1, 0.15) is 36.2 Å². The van der Waals surface area contributed by atoms with Crippen LogP contribution in [-0.2, 0) is 4.74 Å². The summed E-state index contributed by atoms with van der Waals surface area (Å²) in [7, 11) is 1.39. The highest BCUT2D eigenvalue weighted by atomic mass is 35.5. The average Bonchev–Trinajstić information content (AvgIpc) is 3.58. The Balaban J connectivity index is 1.83. The van der Waals surface area contributed by atoms with Gasteiger partial charge in [-0.2, -0.15) is 0 Å². The second-order valence-electron chi connectivity index (χ2n) is 7.96. The van der Waals surface area contributed by atoms with E-state index in [4.69, 9.17) is 21.1 Å². The first kappa shape index (κ1) is 22.2. The zero-order chi connectivity index (χ0) is 23.2. The van der Waals surface area contributed by atoms with Gasteiger partial charge in [-0.15, -0.1) is 0 Å². The number of carbonyl (C=O) groups is 2. The molecule has 0 radical (unpaired) electrons. The van der Waals surface area contributed by atoms with Crippen molar-refractivity contribution in [3.63, 3.8) is 0 Å². The minimum absolute atomic E-state index is 0.0181. The molecule has 1 aliphatic heterocycles. The van der Waals surface area contributed by atoms with Crippen LogP contribution in [0.3, 0.4) is 0 Å². The maximum atomic E-state index is 15.4. The number of anilines is 1. The number of fused-ring (bicyclic) bond motifs is 1. The van der Waals surface area contributed by atoms with Crippen LogP contribution in [-0.4, -0.2) is 65.5 Å². The SMILES string of the molecule is COc1c(N2CCN(C(=O)OCCl)C(C)C2)c(F)cc2c(=O)c(C(=O)O)cn(C3CC3)c12. The van der Waals surface area contributed by atoms with Crippen molar-refractivity contribution < 1.29 is 28.6 Å². The molecule has 2 aromatic rings. The molecule has 1 aliphatic carbocycles. The lowest BCUT2D eigenvalue weighted by Crippen LogP contribution is -2.54. The van der Waals surface area contributed by atoms with E-state index in [9.17, 15) is 19.5 Å². The molecule has 2 heterocycles. The number of amides is 1. The summed E-state index contributed by atoms with van der Waals surface area (Å²) in [4.78, 5) is 39.8. The van der Waals surface area contributed by atoms with E-state index in [2.05, 4.69) is 0 Å². The number of piperazine rings is 1. The van der Waals surface area contributed by atoms with Crippen molar-refractivity contribution in [1.29, 1.82) is 0 Å². The van der Waals surface area contributed by atoms with Crippen molar-refractivity contribution in [2.75, 3.05) is 37.7 Å². The van der Waals surface area contributed by atoms with Gasteiger partial charge in [0, 0.05) is 37.9 Å². The van der Waals surface area contributed by atoms with Crippen LogP contribution in [0.15, 0.2) is 17.1 Å². The molecule has 0 spiro atoms. The van der Waals surface area contributed by atoms with Crippen molar-refractivity contribution >= 4 is 40.3 Å². The Morgan fingerprint density at radius 2 is 2.03 bits per heavy atom. The lowest BCUT2D eigenvalue weighted by atomic mass is 10.1. The Hall–Kier alpha value is -3.01. The van der Waals surface area contributed by atoms with Gasteiger partial charge >= 0.3 is 12.1 Å². The minimum atomic E-state index is -1.36. The molecule has 1 unspecified atom stereocenters. The van der Waals surface area contributed by atoms with Crippen LogP contribution in [0, 0.1) is 5.82 Å². The molecule has 1 saturated heterocycles. The number of carboxylic acids is 1. The van der Waals surface area contributed by atoms with Crippen molar-refractivity contribution in [2.45, 2.75) is 31.8 Å². The number of halogens is 2. The fourth-order valence-corrected chi connectivity index (χ4v) is 4.38. The molecule has 2 fully saturated rings. The number of aromatic nitrogens is 1. The highest BCUT2D eigenvalue weighted by molar-refractivity contribution is 6.17. The Bertz CT molecular complexity index is 1150. The molecule has 4 rings (SSSR count). The summed E-state index contributed by atoms with van der Waals surface area (Å²) in [5.74, 6) is -1.88. The number of carboxylic acid groups (broad SMARTS) is 1. The number of benzene rings is 1. The van der Waals surface area contributed by atoms with Gasteiger partial charge in [-0.05, 0) is 25.8 Å². The van der Waals surface area contributed by atoms with Gasteiger partial charge in [0.05, 0.1) is 18.0 Å².